The molecule has 5 rings (SSSR count). The summed E-state index contributed by atoms with van der Waals surface area (Å²) in [7, 11) is 0. The van der Waals surface area contributed by atoms with Crippen molar-refractivity contribution in [1.29, 1.82) is 0 Å². The van der Waals surface area contributed by atoms with E-state index in [9.17, 15) is 14.4 Å². The van der Waals surface area contributed by atoms with Gasteiger partial charge in [-0.15, -0.1) is 0 Å². The first-order chi connectivity index (χ1) is 15.0. The molecule has 0 saturated carbocycles. The second-order valence-corrected chi connectivity index (χ2v) is 8.04. The minimum absolute atomic E-state index is 0.204. The fourth-order valence-electron chi connectivity index (χ4n) is 3.65. The molecule has 3 aromatic carbocycles. The number of rotatable bonds is 3. The molecule has 0 fully saturated rings. The Morgan fingerprint density at radius 1 is 0.806 bits per heavy atom. The van der Waals surface area contributed by atoms with E-state index >= 15 is 0 Å². The molecule has 3 N–H and O–H groups in total. The van der Waals surface area contributed by atoms with Crippen LogP contribution in [0.2, 0.25) is 0 Å². The summed E-state index contributed by atoms with van der Waals surface area (Å²) in [5.74, 6) is -0.832. The van der Waals surface area contributed by atoms with E-state index in [1.165, 1.54) is 6.07 Å². The number of benzene rings is 3. The number of hydrogen-bond acceptors (Lipinski definition) is 6. The number of nitrogens with zero attached hydrogens (tertiary/aromatic N) is 1. The molecule has 1 heterocycles. The van der Waals surface area contributed by atoms with Crippen molar-refractivity contribution in [2.45, 2.75) is 0 Å². The third-order valence-corrected chi connectivity index (χ3v) is 5.96. The number of amides is 1. The van der Waals surface area contributed by atoms with E-state index in [0.717, 1.165) is 16.9 Å². The highest BCUT2D eigenvalue weighted by atomic mass is 32.1. The Bertz CT molecular complexity index is 1380. The molecular weight excluding hydrogens is 410 g/mol. The lowest BCUT2D eigenvalue weighted by molar-refractivity contribution is 0.0979. The number of anilines is 2. The zero-order valence-corrected chi connectivity index (χ0v) is 16.9. The molecule has 1 amide bonds. The van der Waals surface area contributed by atoms with Crippen molar-refractivity contribution in [3.05, 3.63) is 99.9 Å². The molecule has 0 atom stereocenters. The van der Waals surface area contributed by atoms with Crippen molar-refractivity contribution in [3.8, 4) is 11.3 Å². The number of thiazole rings is 1. The van der Waals surface area contributed by atoms with Crippen LogP contribution in [0, 0.1) is 0 Å². The second-order valence-electron chi connectivity index (χ2n) is 7.01. The Labute approximate surface area is 181 Å². The summed E-state index contributed by atoms with van der Waals surface area (Å²) in [6.45, 7) is 0. The van der Waals surface area contributed by atoms with Crippen LogP contribution in [-0.2, 0) is 0 Å². The molecule has 6 nitrogen and oxygen atoms in total. The molecule has 0 bridgehead atoms. The highest BCUT2D eigenvalue weighted by Gasteiger charge is 2.29. The van der Waals surface area contributed by atoms with Gasteiger partial charge in [-0.05, 0) is 18.2 Å². The predicted molar refractivity (Wildman–Crippen MR) is 120 cm³/mol. The maximum absolute atomic E-state index is 13.0. The fourth-order valence-corrected chi connectivity index (χ4v) is 4.40. The van der Waals surface area contributed by atoms with E-state index in [1.807, 2.05) is 30.3 Å². The summed E-state index contributed by atoms with van der Waals surface area (Å²) in [5.41, 5.74) is 8.91. The lowest BCUT2D eigenvalue weighted by atomic mass is 9.84. The Morgan fingerprint density at radius 3 is 2.13 bits per heavy atom. The van der Waals surface area contributed by atoms with E-state index in [0.29, 0.717) is 32.9 Å². The summed E-state index contributed by atoms with van der Waals surface area (Å²) >= 11 is 1.09. The summed E-state index contributed by atoms with van der Waals surface area (Å²) < 4.78 is 0. The van der Waals surface area contributed by atoms with E-state index in [-0.39, 0.29) is 28.2 Å². The van der Waals surface area contributed by atoms with Crippen LogP contribution in [0.25, 0.3) is 11.3 Å². The zero-order valence-electron chi connectivity index (χ0n) is 16.1. The molecule has 0 radical (unpaired) electrons. The first-order valence-corrected chi connectivity index (χ1v) is 10.3. The van der Waals surface area contributed by atoms with Crippen molar-refractivity contribution < 1.29 is 14.4 Å². The standard InChI is InChI=1S/C24H15N3O3S/c25-24-27-19(13-6-2-1-3-7-13)22(31-24)23(30)26-14-10-11-17-18(12-14)21(29)16-9-5-4-8-15(16)20(17)28/h1-12H,(H2,25,27)(H,26,30). The average molecular weight is 425 g/mol. The van der Waals surface area contributed by atoms with Gasteiger partial charge in [0.25, 0.3) is 5.91 Å². The van der Waals surface area contributed by atoms with Gasteiger partial charge in [-0.3, -0.25) is 14.4 Å². The molecule has 1 aromatic heterocycles. The van der Waals surface area contributed by atoms with Gasteiger partial charge in [-0.25, -0.2) is 4.98 Å². The van der Waals surface area contributed by atoms with Crippen molar-refractivity contribution in [1.82, 2.24) is 4.98 Å². The molecule has 0 spiro atoms. The third kappa shape index (κ3) is 3.21. The van der Waals surface area contributed by atoms with Gasteiger partial charge in [0, 0.05) is 33.5 Å². The molecule has 7 heteroatoms. The van der Waals surface area contributed by atoms with Gasteiger partial charge in [-0.1, -0.05) is 65.9 Å². The number of fused-ring (bicyclic) bond motifs is 2. The van der Waals surface area contributed by atoms with Gasteiger partial charge >= 0.3 is 0 Å². The SMILES string of the molecule is Nc1nc(-c2ccccc2)c(C(=O)Nc2ccc3c(c2)C(=O)c2ccccc2C3=O)s1. The zero-order chi connectivity index (χ0) is 21.5. The number of nitrogens with one attached hydrogen (secondary N) is 1. The second kappa shape index (κ2) is 7.30. The van der Waals surface area contributed by atoms with E-state index < -0.39 is 0 Å². The smallest absolute Gasteiger partial charge is 0.268 e. The highest BCUT2D eigenvalue weighted by Crippen LogP contribution is 2.32. The number of carbonyl (C=O) groups excluding carboxylic acids is 3. The monoisotopic (exact) mass is 425 g/mol. The van der Waals surface area contributed by atoms with Crippen molar-refractivity contribution in [2.24, 2.45) is 0 Å². The van der Waals surface area contributed by atoms with Crippen LogP contribution in [-0.4, -0.2) is 22.5 Å². The normalized spacial score (nSPS) is 12.3. The maximum atomic E-state index is 13.0. The molecule has 0 saturated heterocycles. The summed E-state index contributed by atoms with van der Waals surface area (Å²) in [6, 6.07) is 20.8. The molecule has 1 aliphatic rings. The molecule has 4 aromatic rings. The van der Waals surface area contributed by atoms with Gasteiger partial charge in [0.2, 0.25) is 0 Å². The minimum atomic E-state index is -0.386. The van der Waals surface area contributed by atoms with Gasteiger partial charge in [-0.2, -0.15) is 0 Å². The number of aromatic nitrogens is 1. The average Bonchev–Trinajstić information content (AvgIpc) is 3.20. The number of nitrogen functional groups attached to an aromatic ring is 1. The minimum Gasteiger partial charge on any atom is -0.375 e. The van der Waals surface area contributed by atoms with Gasteiger partial charge in [0.1, 0.15) is 4.88 Å². The third-order valence-electron chi connectivity index (χ3n) is 5.08. The van der Waals surface area contributed by atoms with Crippen LogP contribution in [0.1, 0.15) is 41.5 Å². The molecule has 1 aliphatic carbocycles. The topological polar surface area (TPSA) is 102 Å². The predicted octanol–water partition coefficient (Wildman–Crippen LogP) is 4.42. The van der Waals surface area contributed by atoms with Crippen LogP contribution in [0.3, 0.4) is 0 Å². The Hall–Kier alpha value is -4.10. The first kappa shape index (κ1) is 18.9. The van der Waals surface area contributed by atoms with Crippen molar-refractivity contribution >= 4 is 39.6 Å². The Balaban J connectivity index is 1.48. The molecular formula is C24H15N3O3S. The lowest BCUT2D eigenvalue weighted by Crippen LogP contribution is -2.21. The number of carbonyl (C=O) groups is 3. The lowest BCUT2D eigenvalue weighted by Gasteiger charge is -2.18. The molecule has 0 unspecified atom stereocenters. The molecule has 31 heavy (non-hydrogen) atoms. The van der Waals surface area contributed by atoms with Crippen LogP contribution in [0.4, 0.5) is 10.8 Å². The summed E-state index contributed by atoms with van der Waals surface area (Å²) in [6.07, 6.45) is 0. The Kier molecular flexibility index (Phi) is 4.45. The van der Waals surface area contributed by atoms with Crippen LogP contribution < -0.4 is 11.1 Å². The molecule has 150 valence electrons. The maximum Gasteiger partial charge on any atom is 0.268 e. The van der Waals surface area contributed by atoms with E-state index in [2.05, 4.69) is 10.3 Å². The van der Waals surface area contributed by atoms with Gasteiger partial charge in [0.15, 0.2) is 16.7 Å². The first-order valence-electron chi connectivity index (χ1n) is 9.48. The van der Waals surface area contributed by atoms with Crippen molar-refractivity contribution in [3.63, 3.8) is 0 Å². The number of nitrogens with two attached hydrogens (primary N) is 1. The number of hydrogen-bond donors (Lipinski definition) is 2. The van der Waals surface area contributed by atoms with E-state index in [1.54, 1.807) is 36.4 Å². The largest absolute Gasteiger partial charge is 0.375 e. The van der Waals surface area contributed by atoms with E-state index in [4.69, 9.17) is 5.73 Å². The van der Waals surface area contributed by atoms with Crippen LogP contribution in [0.5, 0.6) is 0 Å². The van der Waals surface area contributed by atoms with Gasteiger partial charge in [0.05, 0.1) is 5.69 Å². The highest BCUT2D eigenvalue weighted by molar-refractivity contribution is 7.17. The summed E-state index contributed by atoms with van der Waals surface area (Å²) in [4.78, 5) is 43.3. The van der Waals surface area contributed by atoms with Crippen LogP contribution >= 0.6 is 11.3 Å². The quantitative estimate of drug-likeness (QED) is 0.445. The Morgan fingerprint density at radius 2 is 1.42 bits per heavy atom. The van der Waals surface area contributed by atoms with Gasteiger partial charge < -0.3 is 11.1 Å². The van der Waals surface area contributed by atoms with Crippen molar-refractivity contribution in [2.75, 3.05) is 11.1 Å². The fraction of sp³-hybridized carbons (Fsp3) is 0. The molecule has 0 aliphatic heterocycles. The number of ketones is 2. The van der Waals surface area contributed by atoms with Crippen LogP contribution in [0.15, 0.2) is 72.8 Å². The summed E-state index contributed by atoms with van der Waals surface area (Å²) in [5, 5.41) is 3.09.